The van der Waals surface area contributed by atoms with E-state index in [-0.39, 0.29) is 12.5 Å². The van der Waals surface area contributed by atoms with E-state index in [1.54, 1.807) is 0 Å². The molecule has 3 aromatic rings. The number of ether oxygens (including phenoxy) is 2. The van der Waals surface area contributed by atoms with E-state index in [4.69, 9.17) is 9.47 Å². The first-order valence-electron chi connectivity index (χ1n) is 13.1. The maximum atomic E-state index is 13.0. The molecule has 0 saturated carbocycles. The average Bonchev–Trinajstić information content (AvgIpc) is 3.18. The zero-order valence-electron chi connectivity index (χ0n) is 22.4. The molecule has 0 saturated heterocycles. The predicted molar refractivity (Wildman–Crippen MR) is 147 cm³/mol. The highest BCUT2D eigenvalue weighted by molar-refractivity contribution is 5.82. The predicted octanol–water partition coefficient (Wildman–Crippen LogP) is 6.99. The molecule has 1 aliphatic rings. The number of hydrogen-bond donors (Lipinski definition) is 1. The van der Waals surface area contributed by atoms with Crippen molar-refractivity contribution in [2.24, 2.45) is 0 Å². The molecule has 5 heteroatoms. The molecule has 1 atom stereocenters. The Hall–Kier alpha value is -3.60. The number of benzene rings is 3. The van der Waals surface area contributed by atoms with Gasteiger partial charge in [0, 0.05) is 5.92 Å². The number of rotatable bonds is 8. The second kappa shape index (κ2) is 11.2. The molecule has 4 rings (SSSR count). The maximum Gasteiger partial charge on any atom is 0.407 e. The van der Waals surface area contributed by atoms with Crippen LogP contribution < -0.4 is 5.32 Å². The van der Waals surface area contributed by atoms with Gasteiger partial charge in [-0.3, -0.25) is 0 Å². The van der Waals surface area contributed by atoms with Crippen molar-refractivity contribution in [3.05, 3.63) is 95.1 Å². The lowest BCUT2D eigenvalue weighted by Crippen LogP contribution is -2.45. The molecule has 1 unspecified atom stereocenters. The molecule has 0 spiro atoms. The van der Waals surface area contributed by atoms with Crippen molar-refractivity contribution in [2.75, 3.05) is 6.61 Å². The van der Waals surface area contributed by atoms with E-state index in [1.807, 2.05) is 57.2 Å². The van der Waals surface area contributed by atoms with E-state index in [0.29, 0.717) is 18.8 Å². The highest BCUT2D eigenvalue weighted by Crippen LogP contribution is 2.44. The third kappa shape index (κ3) is 6.59. The molecule has 1 aliphatic carbocycles. The van der Waals surface area contributed by atoms with Crippen LogP contribution in [-0.4, -0.2) is 30.3 Å². The Morgan fingerprint density at radius 1 is 0.892 bits per heavy atom. The lowest BCUT2D eigenvalue weighted by molar-refractivity contribution is -0.157. The van der Waals surface area contributed by atoms with Gasteiger partial charge >= 0.3 is 12.1 Å². The molecule has 0 aliphatic heterocycles. The van der Waals surface area contributed by atoms with Crippen molar-refractivity contribution < 1.29 is 19.1 Å². The molecule has 1 N–H and O–H groups in total. The summed E-state index contributed by atoms with van der Waals surface area (Å²) >= 11 is 0. The van der Waals surface area contributed by atoms with Crippen LogP contribution in [0.1, 0.15) is 75.1 Å². The minimum absolute atomic E-state index is 0.0445. The molecule has 37 heavy (non-hydrogen) atoms. The molecule has 0 bridgehead atoms. The zero-order chi connectivity index (χ0) is 26.6. The number of carbonyl (C=O) groups is 2. The fourth-order valence-corrected chi connectivity index (χ4v) is 4.82. The molecule has 0 heterocycles. The highest BCUT2D eigenvalue weighted by Gasteiger charge is 2.31. The van der Waals surface area contributed by atoms with Gasteiger partial charge in [0.2, 0.25) is 0 Å². The summed E-state index contributed by atoms with van der Waals surface area (Å²) in [5.74, 6) is -0.0847. The van der Waals surface area contributed by atoms with E-state index in [0.717, 1.165) is 16.7 Å². The van der Waals surface area contributed by atoms with Crippen LogP contribution in [0, 0.1) is 0 Å². The number of carbonyl (C=O) groups excluding carboxylic acids is 2. The summed E-state index contributed by atoms with van der Waals surface area (Å²) in [6, 6.07) is 23.9. The van der Waals surface area contributed by atoms with Crippen LogP contribution in [0.5, 0.6) is 0 Å². The molecule has 0 radical (unpaired) electrons. The van der Waals surface area contributed by atoms with Gasteiger partial charge in [0.15, 0.2) is 0 Å². The Morgan fingerprint density at radius 2 is 1.51 bits per heavy atom. The Kier molecular flexibility index (Phi) is 8.01. The van der Waals surface area contributed by atoms with E-state index in [1.165, 1.54) is 16.7 Å². The SMILES string of the molecule is CC(C)c1cccc(CCC(NC(=O)OCC2c3ccccc3-c3ccccc32)C(=O)OC(C)(C)C)c1. The number of alkyl carbamates (subject to hydrolysis) is 1. The van der Waals surface area contributed by atoms with Crippen LogP contribution in [-0.2, 0) is 20.7 Å². The Labute approximate surface area is 220 Å². The summed E-state index contributed by atoms with van der Waals surface area (Å²) in [4.78, 5) is 25.9. The van der Waals surface area contributed by atoms with Gasteiger partial charge in [0.25, 0.3) is 0 Å². The van der Waals surface area contributed by atoms with E-state index < -0.39 is 23.7 Å². The standard InChI is InChI=1S/C32H37NO4/c1-21(2)23-12-10-11-22(19-23)17-18-29(30(34)37-32(3,4)5)33-31(35)36-20-28-26-15-8-6-13-24(26)25-14-7-9-16-27(25)28/h6-16,19,21,28-29H,17-18,20H2,1-5H3,(H,33,35). The van der Waals surface area contributed by atoms with Crippen molar-refractivity contribution in [1.29, 1.82) is 0 Å². The third-order valence-electron chi connectivity index (χ3n) is 6.67. The first-order chi connectivity index (χ1) is 17.6. The first kappa shape index (κ1) is 26.5. The number of hydrogen-bond acceptors (Lipinski definition) is 4. The van der Waals surface area contributed by atoms with Gasteiger partial charge in [0.05, 0.1) is 0 Å². The van der Waals surface area contributed by atoms with Crippen LogP contribution in [0.15, 0.2) is 72.8 Å². The minimum atomic E-state index is -0.808. The summed E-state index contributed by atoms with van der Waals surface area (Å²) < 4.78 is 11.3. The fraction of sp³-hybridized carbons (Fsp3) is 0.375. The fourth-order valence-electron chi connectivity index (χ4n) is 4.82. The summed E-state index contributed by atoms with van der Waals surface area (Å²) in [5, 5.41) is 2.78. The van der Waals surface area contributed by atoms with Gasteiger partial charge < -0.3 is 14.8 Å². The summed E-state index contributed by atoms with van der Waals surface area (Å²) in [6.45, 7) is 9.96. The number of nitrogens with one attached hydrogen (secondary N) is 1. The Bertz CT molecular complexity index is 1210. The number of aryl methyl sites for hydroxylation is 1. The number of fused-ring (bicyclic) bond motifs is 3. The minimum Gasteiger partial charge on any atom is -0.458 e. The molecular formula is C32H37NO4. The topological polar surface area (TPSA) is 64.6 Å². The number of esters is 1. The highest BCUT2D eigenvalue weighted by atomic mass is 16.6. The van der Waals surface area contributed by atoms with Crippen LogP contribution in [0.4, 0.5) is 4.79 Å². The normalized spacial score (nSPS) is 13.6. The van der Waals surface area contributed by atoms with Gasteiger partial charge in [-0.25, -0.2) is 9.59 Å². The molecule has 3 aromatic carbocycles. The Morgan fingerprint density at radius 3 is 2.11 bits per heavy atom. The van der Waals surface area contributed by atoms with E-state index >= 15 is 0 Å². The lowest BCUT2D eigenvalue weighted by Gasteiger charge is -2.25. The first-order valence-corrected chi connectivity index (χ1v) is 13.1. The zero-order valence-corrected chi connectivity index (χ0v) is 22.4. The van der Waals surface area contributed by atoms with Crippen molar-refractivity contribution >= 4 is 12.1 Å². The quantitative estimate of drug-likeness (QED) is 0.339. The smallest absolute Gasteiger partial charge is 0.407 e. The van der Waals surface area contributed by atoms with Gasteiger partial charge in [-0.1, -0.05) is 86.6 Å². The van der Waals surface area contributed by atoms with Crippen molar-refractivity contribution in [2.45, 2.75) is 70.9 Å². The molecule has 0 aromatic heterocycles. The van der Waals surface area contributed by atoms with Crippen LogP contribution in [0.2, 0.25) is 0 Å². The summed E-state index contributed by atoms with van der Waals surface area (Å²) in [7, 11) is 0. The second-order valence-corrected chi connectivity index (χ2v) is 11.0. The average molecular weight is 500 g/mol. The van der Waals surface area contributed by atoms with Crippen molar-refractivity contribution in [3.8, 4) is 11.1 Å². The van der Waals surface area contributed by atoms with Crippen molar-refractivity contribution in [3.63, 3.8) is 0 Å². The summed E-state index contributed by atoms with van der Waals surface area (Å²) in [5.41, 5.74) is 6.33. The monoisotopic (exact) mass is 499 g/mol. The number of amides is 1. The molecule has 194 valence electrons. The van der Waals surface area contributed by atoms with E-state index in [2.05, 4.69) is 55.6 Å². The van der Waals surface area contributed by atoms with Crippen LogP contribution >= 0.6 is 0 Å². The molecule has 0 fully saturated rings. The second-order valence-electron chi connectivity index (χ2n) is 11.0. The molecule has 5 nitrogen and oxygen atoms in total. The molecule has 1 amide bonds. The van der Waals surface area contributed by atoms with Gasteiger partial charge in [-0.2, -0.15) is 0 Å². The van der Waals surface area contributed by atoms with Gasteiger partial charge in [-0.15, -0.1) is 0 Å². The Balaban J connectivity index is 1.44. The summed E-state index contributed by atoms with van der Waals surface area (Å²) in [6.07, 6.45) is 0.433. The lowest BCUT2D eigenvalue weighted by atomic mass is 9.98. The largest absolute Gasteiger partial charge is 0.458 e. The molecular weight excluding hydrogens is 462 g/mol. The van der Waals surface area contributed by atoms with Crippen LogP contribution in [0.25, 0.3) is 11.1 Å². The van der Waals surface area contributed by atoms with E-state index in [9.17, 15) is 9.59 Å². The maximum absolute atomic E-state index is 13.0. The van der Waals surface area contributed by atoms with Crippen molar-refractivity contribution in [1.82, 2.24) is 5.32 Å². The van der Waals surface area contributed by atoms with Gasteiger partial charge in [-0.05, 0) is 72.9 Å². The van der Waals surface area contributed by atoms with Crippen LogP contribution in [0.3, 0.4) is 0 Å². The van der Waals surface area contributed by atoms with Gasteiger partial charge in [0.1, 0.15) is 18.2 Å². The third-order valence-corrected chi connectivity index (χ3v) is 6.67.